The third-order valence-electron chi connectivity index (χ3n) is 3.87. The topological polar surface area (TPSA) is 57.8 Å². The number of oxime groups is 1. The summed E-state index contributed by atoms with van der Waals surface area (Å²) in [6.45, 7) is 0.708. The van der Waals surface area contributed by atoms with E-state index >= 15 is 0 Å². The molecule has 2 aliphatic rings. The fourth-order valence-electron chi connectivity index (χ4n) is 3.12. The lowest BCUT2D eigenvalue weighted by Gasteiger charge is -2.23. The van der Waals surface area contributed by atoms with Crippen LogP contribution in [0, 0.1) is 11.8 Å². The highest BCUT2D eigenvalue weighted by atomic mass is 16.4. The van der Waals surface area contributed by atoms with Crippen molar-refractivity contribution in [1.82, 2.24) is 5.32 Å². The molecule has 0 unspecified atom stereocenters. The van der Waals surface area contributed by atoms with Crippen LogP contribution in [-0.2, 0) is 6.54 Å². The first-order chi connectivity index (χ1) is 7.88. The van der Waals surface area contributed by atoms with Crippen LogP contribution < -0.4 is 5.32 Å². The highest BCUT2D eigenvalue weighted by Crippen LogP contribution is 2.42. The molecular formula is C12H16N2O2. The van der Waals surface area contributed by atoms with Crippen LogP contribution in [0.2, 0.25) is 0 Å². The second kappa shape index (κ2) is 3.94. The number of hydrogen-bond donors (Lipinski definition) is 2. The Hall–Kier alpha value is -1.29. The van der Waals surface area contributed by atoms with Gasteiger partial charge in [0.1, 0.15) is 5.76 Å². The van der Waals surface area contributed by atoms with Gasteiger partial charge >= 0.3 is 0 Å². The second-order valence-electron chi connectivity index (χ2n) is 4.73. The van der Waals surface area contributed by atoms with E-state index in [1.54, 1.807) is 6.26 Å². The van der Waals surface area contributed by atoms with Crippen molar-refractivity contribution in [2.24, 2.45) is 17.0 Å². The van der Waals surface area contributed by atoms with Gasteiger partial charge in [-0.3, -0.25) is 0 Å². The SMILES string of the molecule is O/N=C1\[C@H]2CC[C@@H](C2)[C@@H]1NCc1ccco1. The van der Waals surface area contributed by atoms with E-state index in [0.717, 1.165) is 11.5 Å². The fraction of sp³-hybridized carbons (Fsp3) is 0.583. The maximum absolute atomic E-state index is 9.04. The standard InChI is InChI=1S/C12H16N2O2/c15-14-12-9-4-3-8(6-9)11(12)13-7-10-2-1-5-16-10/h1-2,5,8-9,11,13,15H,3-4,6-7H2/b14-12+/t8-,9-,11-/m0/s1. The summed E-state index contributed by atoms with van der Waals surface area (Å²) < 4.78 is 5.28. The van der Waals surface area contributed by atoms with Crippen LogP contribution in [0.15, 0.2) is 28.0 Å². The zero-order chi connectivity index (χ0) is 11.0. The minimum absolute atomic E-state index is 0.244. The lowest BCUT2D eigenvalue weighted by molar-refractivity contribution is 0.308. The van der Waals surface area contributed by atoms with E-state index in [0.29, 0.717) is 18.4 Å². The van der Waals surface area contributed by atoms with Gasteiger partial charge in [-0.1, -0.05) is 5.16 Å². The van der Waals surface area contributed by atoms with Crippen molar-refractivity contribution in [3.63, 3.8) is 0 Å². The van der Waals surface area contributed by atoms with E-state index in [-0.39, 0.29) is 6.04 Å². The molecule has 3 atom stereocenters. The van der Waals surface area contributed by atoms with E-state index in [2.05, 4.69) is 10.5 Å². The van der Waals surface area contributed by atoms with Crippen molar-refractivity contribution < 1.29 is 9.62 Å². The van der Waals surface area contributed by atoms with Gasteiger partial charge in [0.2, 0.25) is 0 Å². The first-order valence-electron chi connectivity index (χ1n) is 5.86. The second-order valence-corrected chi connectivity index (χ2v) is 4.73. The molecule has 16 heavy (non-hydrogen) atoms. The molecule has 2 aliphatic carbocycles. The average molecular weight is 220 g/mol. The minimum atomic E-state index is 0.244. The Kier molecular flexibility index (Phi) is 2.44. The first kappa shape index (κ1) is 9.90. The third-order valence-corrected chi connectivity index (χ3v) is 3.87. The van der Waals surface area contributed by atoms with E-state index in [1.807, 2.05) is 12.1 Å². The van der Waals surface area contributed by atoms with E-state index in [9.17, 15) is 0 Å². The van der Waals surface area contributed by atoms with Crippen molar-refractivity contribution in [2.75, 3.05) is 0 Å². The summed E-state index contributed by atoms with van der Waals surface area (Å²) in [6, 6.07) is 4.09. The monoisotopic (exact) mass is 220 g/mol. The van der Waals surface area contributed by atoms with E-state index in [4.69, 9.17) is 9.62 Å². The average Bonchev–Trinajstić information content (AvgIpc) is 3.01. The molecule has 0 spiro atoms. The van der Waals surface area contributed by atoms with Crippen LogP contribution in [0.5, 0.6) is 0 Å². The Labute approximate surface area is 94.3 Å². The van der Waals surface area contributed by atoms with Gasteiger partial charge < -0.3 is 14.9 Å². The molecule has 0 radical (unpaired) electrons. The molecule has 86 valence electrons. The normalized spacial score (nSPS) is 35.0. The minimum Gasteiger partial charge on any atom is -0.468 e. The third kappa shape index (κ3) is 1.53. The van der Waals surface area contributed by atoms with Gasteiger partial charge in [0, 0.05) is 5.92 Å². The molecule has 0 saturated heterocycles. The van der Waals surface area contributed by atoms with Crippen LogP contribution in [0.4, 0.5) is 0 Å². The molecule has 1 aromatic rings. The van der Waals surface area contributed by atoms with Crippen LogP contribution >= 0.6 is 0 Å². The summed E-state index contributed by atoms with van der Waals surface area (Å²) in [5, 5.41) is 15.9. The Morgan fingerprint density at radius 3 is 3.19 bits per heavy atom. The van der Waals surface area contributed by atoms with Crippen LogP contribution in [0.1, 0.15) is 25.0 Å². The fourth-order valence-corrected chi connectivity index (χ4v) is 3.12. The van der Waals surface area contributed by atoms with Crippen molar-refractivity contribution in [3.8, 4) is 0 Å². The van der Waals surface area contributed by atoms with E-state index < -0.39 is 0 Å². The molecule has 4 nitrogen and oxygen atoms in total. The number of rotatable bonds is 3. The number of nitrogens with one attached hydrogen (secondary N) is 1. The molecule has 3 rings (SSSR count). The predicted molar refractivity (Wildman–Crippen MR) is 59.4 cm³/mol. The van der Waals surface area contributed by atoms with Crippen LogP contribution in [0.3, 0.4) is 0 Å². The van der Waals surface area contributed by atoms with Crippen molar-refractivity contribution in [2.45, 2.75) is 31.8 Å². The molecule has 2 fully saturated rings. The summed E-state index contributed by atoms with van der Waals surface area (Å²) in [5.74, 6) is 2.08. The molecule has 2 saturated carbocycles. The summed E-state index contributed by atoms with van der Waals surface area (Å²) in [5.41, 5.74) is 0.947. The first-order valence-corrected chi connectivity index (χ1v) is 5.86. The van der Waals surface area contributed by atoms with Crippen LogP contribution in [-0.4, -0.2) is 17.0 Å². The van der Waals surface area contributed by atoms with Gasteiger partial charge in [-0.05, 0) is 37.3 Å². The molecule has 0 amide bonds. The maximum atomic E-state index is 9.04. The zero-order valence-electron chi connectivity index (χ0n) is 9.10. The van der Waals surface area contributed by atoms with Gasteiger partial charge in [0.25, 0.3) is 0 Å². The Morgan fingerprint density at radius 2 is 2.44 bits per heavy atom. The number of fused-ring (bicyclic) bond motifs is 2. The lowest BCUT2D eigenvalue weighted by atomic mass is 9.93. The molecule has 4 heteroatoms. The van der Waals surface area contributed by atoms with Crippen molar-refractivity contribution in [3.05, 3.63) is 24.2 Å². The molecule has 2 bridgehead atoms. The zero-order valence-corrected chi connectivity index (χ0v) is 9.10. The highest BCUT2D eigenvalue weighted by molar-refractivity contribution is 5.94. The van der Waals surface area contributed by atoms with Crippen molar-refractivity contribution >= 4 is 5.71 Å². The number of nitrogens with zero attached hydrogens (tertiary/aromatic N) is 1. The van der Waals surface area contributed by atoms with Gasteiger partial charge in [-0.15, -0.1) is 0 Å². The Morgan fingerprint density at radius 1 is 1.50 bits per heavy atom. The van der Waals surface area contributed by atoms with Gasteiger partial charge in [0.15, 0.2) is 0 Å². The van der Waals surface area contributed by atoms with Gasteiger partial charge in [0.05, 0.1) is 24.6 Å². The number of hydrogen-bond acceptors (Lipinski definition) is 4. The summed E-state index contributed by atoms with van der Waals surface area (Å²) in [7, 11) is 0. The largest absolute Gasteiger partial charge is 0.468 e. The molecule has 1 aromatic heterocycles. The lowest BCUT2D eigenvalue weighted by Crippen LogP contribution is -2.40. The maximum Gasteiger partial charge on any atom is 0.117 e. The highest BCUT2D eigenvalue weighted by Gasteiger charge is 2.45. The Balaban J connectivity index is 1.66. The predicted octanol–water partition coefficient (Wildman–Crippen LogP) is 2.00. The van der Waals surface area contributed by atoms with E-state index in [1.165, 1.54) is 19.3 Å². The number of furan rings is 1. The molecule has 0 aromatic carbocycles. The summed E-state index contributed by atoms with van der Waals surface area (Å²) >= 11 is 0. The quantitative estimate of drug-likeness (QED) is 0.605. The molecule has 1 heterocycles. The summed E-state index contributed by atoms with van der Waals surface area (Å²) in [6.07, 6.45) is 5.29. The van der Waals surface area contributed by atoms with Gasteiger partial charge in [-0.2, -0.15) is 0 Å². The smallest absolute Gasteiger partial charge is 0.117 e. The summed E-state index contributed by atoms with van der Waals surface area (Å²) in [4.78, 5) is 0. The van der Waals surface area contributed by atoms with Crippen LogP contribution in [0.25, 0.3) is 0 Å². The molecular weight excluding hydrogens is 204 g/mol. The molecule has 0 aliphatic heterocycles. The molecule has 2 N–H and O–H groups in total. The Bertz CT molecular complexity index is 386. The van der Waals surface area contributed by atoms with Crippen molar-refractivity contribution in [1.29, 1.82) is 0 Å². The van der Waals surface area contributed by atoms with Gasteiger partial charge in [-0.25, -0.2) is 0 Å².